The Morgan fingerprint density at radius 3 is 2.53 bits per heavy atom. The molecule has 3 nitrogen and oxygen atoms in total. The van der Waals surface area contributed by atoms with Crippen molar-refractivity contribution in [2.45, 2.75) is 19.8 Å². The van der Waals surface area contributed by atoms with E-state index in [4.69, 9.17) is 11.6 Å². The molecule has 0 spiro atoms. The second kappa shape index (κ2) is 5.51. The molecule has 0 bridgehead atoms. The molecule has 1 aromatic rings. The van der Waals surface area contributed by atoms with Gasteiger partial charge in [-0.15, -0.1) is 0 Å². The van der Waals surface area contributed by atoms with E-state index in [1.54, 1.807) is 30.3 Å². The van der Waals surface area contributed by atoms with E-state index >= 15 is 0 Å². The monoisotopic (exact) mass is 225 g/mol. The molecule has 0 saturated carbocycles. The minimum absolute atomic E-state index is 0.236. The first kappa shape index (κ1) is 11.7. The van der Waals surface area contributed by atoms with Gasteiger partial charge in [0, 0.05) is 17.5 Å². The van der Waals surface area contributed by atoms with E-state index in [-0.39, 0.29) is 10.6 Å². The van der Waals surface area contributed by atoms with Crippen molar-refractivity contribution in [1.29, 1.82) is 0 Å². The molecular weight excluding hydrogens is 214 g/mol. The van der Waals surface area contributed by atoms with Gasteiger partial charge in [0.1, 0.15) is 0 Å². The molecule has 0 saturated heterocycles. The summed E-state index contributed by atoms with van der Waals surface area (Å²) in [4.78, 5) is 10.3. The Kier molecular flexibility index (Phi) is 4.31. The number of hydrogen-bond acceptors (Lipinski definition) is 2. The Hall–Kier alpha value is -1.35. The summed E-state index contributed by atoms with van der Waals surface area (Å²) in [6.45, 7) is 1.92. The molecular formula is C11H12ClNO2. The summed E-state index contributed by atoms with van der Waals surface area (Å²) in [7, 11) is 0. The summed E-state index contributed by atoms with van der Waals surface area (Å²) in [6.07, 6.45) is 2.83. The van der Waals surface area contributed by atoms with Crippen molar-refractivity contribution >= 4 is 17.7 Å². The maximum atomic E-state index is 10.7. The van der Waals surface area contributed by atoms with Crippen molar-refractivity contribution in [3.8, 4) is 0 Å². The highest BCUT2D eigenvalue weighted by Crippen LogP contribution is 2.15. The van der Waals surface area contributed by atoms with E-state index in [2.05, 4.69) is 0 Å². The molecule has 0 aliphatic heterocycles. The van der Waals surface area contributed by atoms with Crippen LogP contribution in [0.4, 0.5) is 0 Å². The third kappa shape index (κ3) is 3.72. The van der Waals surface area contributed by atoms with Gasteiger partial charge in [-0.3, -0.25) is 10.1 Å². The number of benzene rings is 1. The van der Waals surface area contributed by atoms with Crippen LogP contribution in [0.25, 0.3) is 6.08 Å². The third-order valence-electron chi connectivity index (χ3n) is 1.94. The molecule has 0 N–H and O–H groups in total. The lowest BCUT2D eigenvalue weighted by atomic mass is 10.1. The highest BCUT2D eigenvalue weighted by atomic mass is 35.5. The van der Waals surface area contributed by atoms with Crippen LogP contribution in [0.1, 0.15) is 25.3 Å². The molecule has 0 fully saturated rings. The predicted molar refractivity (Wildman–Crippen MR) is 61.3 cm³/mol. The lowest BCUT2D eigenvalue weighted by Crippen LogP contribution is -1.97. The quantitative estimate of drug-likeness (QED) is 0.579. The van der Waals surface area contributed by atoms with Crippen LogP contribution in [-0.2, 0) is 0 Å². The SMILES string of the molecule is CCCC(=Cc1ccc(Cl)cc1)[N+](=O)[O-]. The standard InChI is InChI=1S/C11H12ClNO2/c1-2-3-11(13(14)15)8-9-4-6-10(12)7-5-9/h4-8H,2-3H2,1H3. The van der Waals surface area contributed by atoms with Gasteiger partial charge in [-0.05, 0) is 24.1 Å². The number of nitrogens with zero attached hydrogens (tertiary/aromatic N) is 1. The molecule has 0 aliphatic rings. The van der Waals surface area contributed by atoms with Crippen molar-refractivity contribution in [2.75, 3.05) is 0 Å². The van der Waals surface area contributed by atoms with Crippen molar-refractivity contribution < 1.29 is 4.92 Å². The summed E-state index contributed by atoms with van der Waals surface area (Å²) in [5.41, 5.74) is 1.04. The zero-order chi connectivity index (χ0) is 11.3. The highest BCUT2D eigenvalue weighted by Gasteiger charge is 2.08. The lowest BCUT2D eigenvalue weighted by Gasteiger charge is -1.97. The van der Waals surface area contributed by atoms with E-state index in [0.717, 1.165) is 12.0 Å². The van der Waals surface area contributed by atoms with Crippen LogP contribution in [0.3, 0.4) is 0 Å². The van der Waals surface area contributed by atoms with Gasteiger partial charge in [0.05, 0.1) is 4.92 Å². The summed E-state index contributed by atoms with van der Waals surface area (Å²) >= 11 is 5.72. The van der Waals surface area contributed by atoms with Gasteiger partial charge in [-0.2, -0.15) is 0 Å². The minimum Gasteiger partial charge on any atom is -0.259 e. The highest BCUT2D eigenvalue weighted by molar-refractivity contribution is 6.30. The molecule has 1 aromatic carbocycles. The van der Waals surface area contributed by atoms with Crippen molar-refractivity contribution in [2.24, 2.45) is 0 Å². The third-order valence-corrected chi connectivity index (χ3v) is 2.20. The van der Waals surface area contributed by atoms with E-state index in [1.165, 1.54) is 0 Å². The second-order valence-electron chi connectivity index (χ2n) is 3.19. The summed E-state index contributed by atoms with van der Waals surface area (Å²) < 4.78 is 0. The van der Waals surface area contributed by atoms with E-state index < -0.39 is 0 Å². The molecule has 0 aromatic heterocycles. The van der Waals surface area contributed by atoms with Gasteiger partial charge in [-0.1, -0.05) is 30.7 Å². The fourth-order valence-corrected chi connectivity index (χ4v) is 1.35. The van der Waals surface area contributed by atoms with Gasteiger partial charge >= 0.3 is 0 Å². The molecule has 15 heavy (non-hydrogen) atoms. The van der Waals surface area contributed by atoms with Crippen LogP contribution >= 0.6 is 11.6 Å². The zero-order valence-electron chi connectivity index (χ0n) is 8.44. The smallest absolute Gasteiger partial charge is 0.246 e. The zero-order valence-corrected chi connectivity index (χ0v) is 9.20. The molecule has 80 valence electrons. The average Bonchev–Trinajstić information content (AvgIpc) is 2.20. The van der Waals surface area contributed by atoms with Crippen molar-refractivity contribution in [3.05, 3.63) is 50.7 Å². The first-order chi connectivity index (χ1) is 7.13. The van der Waals surface area contributed by atoms with Crippen LogP contribution in [0.5, 0.6) is 0 Å². The van der Waals surface area contributed by atoms with Crippen LogP contribution in [0, 0.1) is 10.1 Å². The first-order valence-corrected chi connectivity index (χ1v) is 5.12. The Balaban J connectivity index is 2.91. The minimum atomic E-state index is -0.335. The first-order valence-electron chi connectivity index (χ1n) is 4.74. The van der Waals surface area contributed by atoms with E-state index in [1.807, 2.05) is 6.92 Å². The molecule has 0 atom stereocenters. The largest absolute Gasteiger partial charge is 0.259 e. The fraction of sp³-hybridized carbons (Fsp3) is 0.273. The van der Waals surface area contributed by atoms with E-state index in [0.29, 0.717) is 11.4 Å². The topological polar surface area (TPSA) is 43.1 Å². The molecule has 0 aliphatic carbocycles. The summed E-state index contributed by atoms with van der Waals surface area (Å²) in [6, 6.07) is 6.97. The number of allylic oxidation sites excluding steroid dienone is 1. The van der Waals surface area contributed by atoms with Gasteiger partial charge in [0.15, 0.2) is 0 Å². The Bertz CT molecular complexity index is 371. The van der Waals surface area contributed by atoms with Crippen LogP contribution in [0.2, 0.25) is 5.02 Å². The number of nitro groups is 1. The van der Waals surface area contributed by atoms with Crippen LogP contribution < -0.4 is 0 Å². The van der Waals surface area contributed by atoms with Crippen LogP contribution in [-0.4, -0.2) is 4.92 Å². The molecule has 4 heteroatoms. The molecule has 0 radical (unpaired) electrons. The fourth-order valence-electron chi connectivity index (χ4n) is 1.22. The van der Waals surface area contributed by atoms with Gasteiger partial charge < -0.3 is 0 Å². The number of rotatable bonds is 4. The summed E-state index contributed by atoms with van der Waals surface area (Å²) in [5.74, 6) is 0. The van der Waals surface area contributed by atoms with Crippen molar-refractivity contribution in [1.82, 2.24) is 0 Å². The average molecular weight is 226 g/mol. The molecule has 1 rings (SSSR count). The Morgan fingerprint density at radius 2 is 2.07 bits per heavy atom. The number of halogens is 1. The van der Waals surface area contributed by atoms with Gasteiger partial charge in [0.25, 0.3) is 0 Å². The Morgan fingerprint density at radius 1 is 1.47 bits per heavy atom. The number of hydrogen-bond donors (Lipinski definition) is 0. The van der Waals surface area contributed by atoms with Gasteiger partial charge in [-0.25, -0.2) is 0 Å². The maximum absolute atomic E-state index is 10.7. The normalized spacial score (nSPS) is 11.5. The van der Waals surface area contributed by atoms with Crippen LogP contribution in [0.15, 0.2) is 30.0 Å². The van der Waals surface area contributed by atoms with Crippen molar-refractivity contribution in [3.63, 3.8) is 0 Å². The predicted octanol–water partition coefficient (Wildman–Crippen LogP) is 3.76. The Labute approximate surface area is 93.5 Å². The molecule has 0 amide bonds. The molecule has 0 heterocycles. The maximum Gasteiger partial charge on any atom is 0.246 e. The summed E-state index contributed by atoms with van der Waals surface area (Å²) in [5, 5.41) is 11.3. The molecule has 0 unspecified atom stereocenters. The van der Waals surface area contributed by atoms with E-state index in [9.17, 15) is 10.1 Å². The second-order valence-corrected chi connectivity index (χ2v) is 3.63. The van der Waals surface area contributed by atoms with Gasteiger partial charge in [0.2, 0.25) is 5.70 Å². The lowest BCUT2D eigenvalue weighted by molar-refractivity contribution is -0.426.